The van der Waals surface area contributed by atoms with E-state index in [9.17, 15) is 38.7 Å². The average molecular weight is 809 g/mol. The van der Waals surface area contributed by atoms with Crippen molar-refractivity contribution in [2.24, 2.45) is 0 Å². The summed E-state index contributed by atoms with van der Waals surface area (Å²) in [6, 6.07) is 9.14. The van der Waals surface area contributed by atoms with Crippen LogP contribution >= 0.6 is 0 Å². The molecule has 2 aromatic carbocycles. The van der Waals surface area contributed by atoms with Crippen molar-refractivity contribution in [1.82, 2.24) is 40.8 Å². The van der Waals surface area contributed by atoms with E-state index in [0.29, 0.717) is 43.0 Å². The van der Waals surface area contributed by atoms with Gasteiger partial charge in [0.05, 0.1) is 29.6 Å². The van der Waals surface area contributed by atoms with Crippen molar-refractivity contribution in [3.05, 3.63) is 71.0 Å². The van der Waals surface area contributed by atoms with Crippen molar-refractivity contribution in [2.45, 2.75) is 70.0 Å². The number of hydrogen-bond donors (Lipinski definition) is 7. The van der Waals surface area contributed by atoms with Crippen LogP contribution in [0.4, 0.5) is 23.1 Å². The second kappa shape index (κ2) is 18.3. The molecule has 59 heavy (non-hydrogen) atoms. The summed E-state index contributed by atoms with van der Waals surface area (Å²) in [4.78, 5) is 107. The van der Waals surface area contributed by atoms with E-state index in [4.69, 9.17) is 11.5 Å². The molecule has 0 bridgehead atoms. The van der Waals surface area contributed by atoms with E-state index in [0.717, 1.165) is 29.8 Å². The van der Waals surface area contributed by atoms with Gasteiger partial charge >= 0.3 is 5.97 Å². The molecule has 9 N–H and O–H groups in total. The average Bonchev–Trinajstić information content (AvgIpc) is 3.46. The Kier molecular flexibility index (Phi) is 12.9. The number of aromatic nitrogens is 4. The molecule has 0 spiro atoms. The summed E-state index contributed by atoms with van der Waals surface area (Å²) in [5.41, 5.74) is 14.6. The Balaban J connectivity index is 0.874. The fourth-order valence-corrected chi connectivity index (χ4v) is 6.84. The van der Waals surface area contributed by atoms with Crippen LogP contribution in [0.1, 0.15) is 88.1 Å². The summed E-state index contributed by atoms with van der Waals surface area (Å²) < 4.78 is 0. The Morgan fingerprint density at radius 1 is 0.966 bits per heavy atom. The number of unbranched alkanes of at least 4 members (excludes halogenated alkanes) is 3. The first-order valence-corrected chi connectivity index (χ1v) is 19.1. The van der Waals surface area contributed by atoms with E-state index in [-0.39, 0.29) is 65.7 Å². The molecule has 2 aromatic heterocycles. The molecule has 1 saturated heterocycles. The summed E-state index contributed by atoms with van der Waals surface area (Å²) >= 11 is 0. The molecule has 0 saturated carbocycles. The molecule has 0 radical (unpaired) electrons. The van der Waals surface area contributed by atoms with Gasteiger partial charge in [0.1, 0.15) is 12.1 Å². The second-order valence-electron chi connectivity index (χ2n) is 14.2. The number of nitrogen functional groups attached to an aromatic ring is 2. The minimum atomic E-state index is -1.28. The van der Waals surface area contributed by atoms with Crippen molar-refractivity contribution in [1.29, 1.82) is 0 Å². The molecule has 1 fully saturated rings. The zero-order valence-electron chi connectivity index (χ0n) is 32.2. The lowest BCUT2D eigenvalue weighted by atomic mass is 10.0. The highest BCUT2D eigenvalue weighted by molar-refractivity contribution is 6.25. The number of carbonyl (C=O) groups is 7. The fourth-order valence-electron chi connectivity index (χ4n) is 6.84. The van der Waals surface area contributed by atoms with Crippen molar-refractivity contribution >= 4 is 75.7 Å². The van der Waals surface area contributed by atoms with Crippen LogP contribution in [0.2, 0.25) is 0 Å². The number of carboxylic acids is 1. The molecule has 1 unspecified atom stereocenters. The smallest absolute Gasteiger partial charge is 0.326 e. The zero-order valence-corrected chi connectivity index (χ0v) is 32.2. The second-order valence-corrected chi connectivity index (χ2v) is 14.2. The van der Waals surface area contributed by atoms with Gasteiger partial charge in [-0.3, -0.25) is 39.0 Å². The lowest BCUT2D eigenvalue weighted by Crippen LogP contribution is -2.54. The molecular formula is C39H44N12O8. The van der Waals surface area contributed by atoms with Gasteiger partial charge in [-0.05, 0) is 62.1 Å². The number of piperidine rings is 1. The van der Waals surface area contributed by atoms with Crippen LogP contribution in [0.25, 0.3) is 11.2 Å². The Bertz CT molecular complexity index is 2300. The van der Waals surface area contributed by atoms with E-state index in [1.165, 1.54) is 6.07 Å². The number of rotatable bonds is 18. The number of nitrogens with two attached hydrogens (primary N) is 2. The van der Waals surface area contributed by atoms with Crippen LogP contribution in [0, 0.1) is 0 Å². The molecule has 2 atom stereocenters. The molecule has 2 aliphatic rings. The predicted molar refractivity (Wildman–Crippen MR) is 214 cm³/mol. The lowest BCUT2D eigenvalue weighted by molar-refractivity contribution is -0.140. The number of fused-ring (bicyclic) bond motifs is 2. The molecule has 20 heteroatoms. The third-order valence-corrected chi connectivity index (χ3v) is 9.94. The quantitative estimate of drug-likeness (QED) is 0.0552. The van der Waals surface area contributed by atoms with Gasteiger partial charge in [0.25, 0.3) is 17.7 Å². The Labute approximate surface area is 337 Å². The zero-order chi connectivity index (χ0) is 42.2. The van der Waals surface area contributed by atoms with E-state index < -0.39 is 47.6 Å². The van der Waals surface area contributed by atoms with Gasteiger partial charge in [-0.2, -0.15) is 9.97 Å². The largest absolute Gasteiger partial charge is 0.480 e. The van der Waals surface area contributed by atoms with Crippen LogP contribution in [0.3, 0.4) is 0 Å². The third kappa shape index (κ3) is 9.83. The summed E-state index contributed by atoms with van der Waals surface area (Å²) in [7, 11) is 1.82. The maximum atomic E-state index is 13.3. The van der Waals surface area contributed by atoms with Gasteiger partial charge in [0.15, 0.2) is 17.0 Å². The Morgan fingerprint density at radius 2 is 1.71 bits per heavy atom. The number of amides is 6. The number of carboxylic acid groups (broad SMARTS) is 1. The fraction of sp³-hybridized carbons (Fsp3) is 0.359. The highest BCUT2D eigenvalue weighted by Gasteiger charge is 2.45. The van der Waals surface area contributed by atoms with Gasteiger partial charge in [-0.15, -0.1) is 0 Å². The molecular weight excluding hydrogens is 765 g/mol. The van der Waals surface area contributed by atoms with E-state index >= 15 is 0 Å². The number of benzene rings is 2. The number of carbonyl (C=O) groups excluding carboxylic acids is 6. The van der Waals surface area contributed by atoms with Crippen LogP contribution in [-0.2, 0) is 25.7 Å². The molecule has 6 rings (SSSR count). The minimum Gasteiger partial charge on any atom is -0.480 e. The van der Waals surface area contributed by atoms with E-state index in [1.54, 1.807) is 42.6 Å². The molecule has 0 aliphatic carbocycles. The molecule has 4 heterocycles. The van der Waals surface area contributed by atoms with Crippen LogP contribution in [-0.4, -0.2) is 104 Å². The lowest BCUT2D eigenvalue weighted by Gasteiger charge is -2.27. The summed E-state index contributed by atoms with van der Waals surface area (Å²) in [6.45, 7) is 1.25. The summed E-state index contributed by atoms with van der Waals surface area (Å²) in [6.07, 6.45) is 4.48. The van der Waals surface area contributed by atoms with Crippen molar-refractivity contribution in [2.75, 3.05) is 41.8 Å². The van der Waals surface area contributed by atoms with Gasteiger partial charge in [0, 0.05) is 49.9 Å². The van der Waals surface area contributed by atoms with Gasteiger partial charge < -0.3 is 37.4 Å². The summed E-state index contributed by atoms with van der Waals surface area (Å²) in [5, 5.41) is 20.4. The minimum absolute atomic E-state index is 0.00184. The number of aliphatic carboxylic acids is 1. The Hall–Kier alpha value is -7.25. The van der Waals surface area contributed by atoms with Crippen molar-refractivity contribution in [3.63, 3.8) is 0 Å². The SMILES string of the molecule is CN(Cc1cnc2nc(N)nc(N)c2n1)c1ccc(C(=O)N[C@@H](CCC(=O)NCCCCCCNc2cccc3c2C(=O)N(C2CCC(=O)NC2=O)C3=O)C(=O)O)cc1. The highest BCUT2D eigenvalue weighted by atomic mass is 16.4. The number of nitrogens with zero attached hydrogens (tertiary/aromatic N) is 6. The molecule has 6 amide bonds. The van der Waals surface area contributed by atoms with Crippen molar-refractivity contribution in [3.8, 4) is 0 Å². The molecule has 308 valence electrons. The van der Waals surface area contributed by atoms with Crippen LogP contribution < -0.4 is 37.6 Å². The predicted octanol–water partition coefficient (Wildman–Crippen LogP) is 1.37. The van der Waals surface area contributed by atoms with Crippen LogP contribution in [0.15, 0.2) is 48.7 Å². The first-order valence-electron chi connectivity index (χ1n) is 19.1. The monoisotopic (exact) mass is 808 g/mol. The van der Waals surface area contributed by atoms with Gasteiger partial charge in [-0.1, -0.05) is 18.9 Å². The Morgan fingerprint density at radius 3 is 2.44 bits per heavy atom. The maximum absolute atomic E-state index is 13.3. The third-order valence-electron chi connectivity index (χ3n) is 9.94. The molecule has 4 aromatic rings. The first-order chi connectivity index (χ1) is 28.3. The first kappa shape index (κ1) is 41.4. The summed E-state index contributed by atoms with van der Waals surface area (Å²) in [5.74, 6) is -4.32. The van der Waals surface area contributed by atoms with Crippen molar-refractivity contribution < 1.29 is 38.7 Å². The van der Waals surface area contributed by atoms with Crippen LogP contribution in [0.5, 0.6) is 0 Å². The maximum Gasteiger partial charge on any atom is 0.326 e. The topological polar surface area (TPSA) is 298 Å². The molecule has 2 aliphatic heterocycles. The number of hydrogen-bond acceptors (Lipinski definition) is 15. The standard InChI is InChI=1S/C39H44N12O8/c1-50(20-22-19-44-33-31(45-22)32(40)48-39(41)49-33)23-11-9-21(10-12-23)34(54)46-26(38(58)59)13-15-28(52)43-18-5-3-2-4-17-42-25-8-6-7-24-30(25)37(57)51(36(24)56)27-14-16-29(53)47-35(27)55/h6-12,19,26-27,42H,2-5,13-18,20H2,1H3,(H,43,52)(H,46,54)(H,58,59)(H,47,53,55)(H4,40,41,44,48,49)/t26-,27?/m0/s1. The number of anilines is 4. The number of nitrogens with one attached hydrogen (secondary N) is 4. The molecule has 20 nitrogen and oxygen atoms in total. The van der Waals surface area contributed by atoms with E-state index in [1.807, 2.05) is 11.9 Å². The van der Waals surface area contributed by atoms with Gasteiger partial charge in [0.2, 0.25) is 23.7 Å². The highest BCUT2D eigenvalue weighted by Crippen LogP contribution is 2.32. The normalized spacial score (nSPS) is 15.4. The van der Waals surface area contributed by atoms with Gasteiger partial charge in [-0.25, -0.2) is 14.8 Å². The number of imide groups is 2. The van der Waals surface area contributed by atoms with E-state index in [2.05, 4.69) is 41.2 Å².